The fraction of sp³-hybridized carbons (Fsp3) is 0.467. The van der Waals surface area contributed by atoms with E-state index >= 15 is 0 Å². The first-order valence-electron chi connectivity index (χ1n) is 7.06. The summed E-state index contributed by atoms with van der Waals surface area (Å²) >= 11 is 0. The third kappa shape index (κ3) is 4.46. The van der Waals surface area contributed by atoms with Gasteiger partial charge in [0.1, 0.15) is 0 Å². The minimum Gasteiger partial charge on any atom is -0.478 e. The van der Waals surface area contributed by atoms with Crippen LogP contribution in [-0.4, -0.2) is 36.4 Å². The molecule has 0 bridgehead atoms. The molecule has 1 saturated heterocycles. The van der Waals surface area contributed by atoms with E-state index < -0.39 is 5.97 Å². The van der Waals surface area contributed by atoms with Crippen molar-refractivity contribution in [2.75, 3.05) is 18.5 Å². The molecule has 1 aliphatic rings. The van der Waals surface area contributed by atoms with Gasteiger partial charge in [0.05, 0.1) is 11.7 Å². The molecular weight excluding hydrogens is 272 g/mol. The normalized spacial score (nSPS) is 18.0. The molecule has 0 spiro atoms. The molecular formula is C15H20N2O4. The summed E-state index contributed by atoms with van der Waals surface area (Å²) in [6.07, 6.45) is 3.21. The first-order chi connectivity index (χ1) is 10.1. The SMILES string of the molecule is Cc1ccc(NC(=O)NCC2CCCCO2)cc1C(=O)O. The molecule has 114 valence electrons. The molecule has 0 aliphatic carbocycles. The zero-order valence-corrected chi connectivity index (χ0v) is 12.0. The van der Waals surface area contributed by atoms with Crippen molar-refractivity contribution in [1.29, 1.82) is 0 Å². The minimum atomic E-state index is -1.01. The second kappa shape index (κ2) is 7.08. The zero-order valence-electron chi connectivity index (χ0n) is 12.0. The van der Waals surface area contributed by atoms with Gasteiger partial charge in [0.2, 0.25) is 0 Å². The molecule has 6 heteroatoms. The lowest BCUT2D eigenvalue weighted by molar-refractivity contribution is 0.0187. The fourth-order valence-electron chi connectivity index (χ4n) is 2.28. The lowest BCUT2D eigenvalue weighted by Gasteiger charge is -2.22. The van der Waals surface area contributed by atoms with Crippen LogP contribution in [0, 0.1) is 6.92 Å². The highest BCUT2D eigenvalue weighted by Gasteiger charge is 2.15. The number of amides is 2. The standard InChI is InChI=1S/C15H20N2O4/c1-10-5-6-11(8-13(10)14(18)19)17-15(20)16-9-12-4-2-3-7-21-12/h5-6,8,12H,2-4,7,9H2,1H3,(H,18,19)(H2,16,17,20). The lowest BCUT2D eigenvalue weighted by Crippen LogP contribution is -2.37. The molecule has 21 heavy (non-hydrogen) atoms. The molecule has 1 atom stereocenters. The highest BCUT2D eigenvalue weighted by Crippen LogP contribution is 2.15. The molecule has 2 amide bonds. The second-order valence-corrected chi connectivity index (χ2v) is 5.16. The number of carboxylic acids is 1. The summed E-state index contributed by atoms with van der Waals surface area (Å²) in [4.78, 5) is 22.8. The number of nitrogens with one attached hydrogen (secondary N) is 2. The Morgan fingerprint density at radius 2 is 2.19 bits per heavy atom. The number of anilines is 1. The summed E-state index contributed by atoms with van der Waals surface area (Å²) in [5, 5.41) is 14.4. The average molecular weight is 292 g/mol. The number of urea groups is 1. The van der Waals surface area contributed by atoms with Gasteiger partial charge in [-0.3, -0.25) is 0 Å². The number of carbonyl (C=O) groups excluding carboxylic acids is 1. The van der Waals surface area contributed by atoms with Crippen molar-refractivity contribution >= 4 is 17.7 Å². The second-order valence-electron chi connectivity index (χ2n) is 5.16. The summed E-state index contributed by atoms with van der Waals surface area (Å²) in [5.41, 5.74) is 1.30. The van der Waals surface area contributed by atoms with Gasteiger partial charge in [-0.15, -0.1) is 0 Å². The third-order valence-electron chi connectivity index (χ3n) is 3.49. The molecule has 1 heterocycles. The van der Waals surface area contributed by atoms with E-state index in [9.17, 15) is 9.59 Å². The van der Waals surface area contributed by atoms with Crippen LogP contribution in [0.4, 0.5) is 10.5 Å². The summed E-state index contributed by atoms with van der Waals surface area (Å²) < 4.78 is 5.52. The van der Waals surface area contributed by atoms with Crippen molar-refractivity contribution in [3.8, 4) is 0 Å². The molecule has 1 aromatic rings. The first-order valence-corrected chi connectivity index (χ1v) is 7.06. The molecule has 0 aromatic heterocycles. The molecule has 3 N–H and O–H groups in total. The van der Waals surface area contributed by atoms with Crippen molar-refractivity contribution < 1.29 is 19.4 Å². The van der Waals surface area contributed by atoms with Gasteiger partial charge in [-0.1, -0.05) is 6.07 Å². The molecule has 2 rings (SSSR count). The Labute approximate surface area is 123 Å². The minimum absolute atomic E-state index is 0.0668. The molecule has 6 nitrogen and oxygen atoms in total. The molecule has 0 saturated carbocycles. The lowest BCUT2D eigenvalue weighted by atomic mass is 10.1. The van der Waals surface area contributed by atoms with E-state index in [1.165, 1.54) is 6.07 Å². The van der Waals surface area contributed by atoms with Crippen LogP contribution in [0.25, 0.3) is 0 Å². The average Bonchev–Trinajstić information content (AvgIpc) is 2.48. The summed E-state index contributed by atoms with van der Waals surface area (Å²) in [5.74, 6) is -1.01. The highest BCUT2D eigenvalue weighted by molar-refractivity contribution is 5.94. The van der Waals surface area contributed by atoms with E-state index in [2.05, 4.69) is 10.6 Å². The van der Waals surface area contributed by atoms with E-state index in [1.54, 1.807) is 19.1 Å². The van der Waals surface area contributed by atoms with Gasteiger partial charge in [-0.25, -0.2) is 9.59 Å². The van der Waals surface area contributed by atoms with Crippen LogP contribution < -0.4 is 10.6 Å². The summed E-state index contributed by atoms with van der Waals surface area (Å²) in [6, 6.07) is 4.44. The van der Waals surface area contributed by atoms with E-state index in [4.69, 9.17) is 9.84 Å². The number of carbonyl (C=O) groups is 2. The summed E-state index contributed by atoms with van der Waals surface area (Å²) in [7, 11) is 0. The van der Waals surface area contributed by atoms with Gasteiger partial charge in [0.15, 0.2) is 0 Å². The Morgan fingerprint density at radius 3 is 2.86 bits per heavy atom. The van der Waals surface area contributed by atoms with Crippen LogP contribution in [-0.2, 0) is 4.74 Å². The first kappa shape index (κ1) is 15.3. The molecule has 1 fully saturated rings. The smallest absolute Gasteiger partial charge is 0.336 e. The molecule has 1 aliphatic heterocycles. The highest BCUT2D eigenvalue weighted by atomic mass is 16.5. The van der Waals surface area contributed by atoms with Gasteiger partial charge in [-0.2, -0.15) is 0 Å². The van der Waals surface area contributed by atoms with Crippen LogP contribution >= 0.6 is 0 Å². The Hall–Kier alpha value is -2.08. The predicted molar refractivity (Wildman–Crippen MR) is 78.8 cm³/mol. The number of aryl methyl sites for hydroxylation is 1. The Morgan fingerprint density at radius 1 is 1.38 bits per heavy atom. The number of hydrogen-bond donors (Lipinski definition) is 3. The quantitative estimate of drug-likeness (QED) is 0.795. The number of carboxylic acid groups (broad SMARTS) is 1. The Bertz CT molecular complexity index is 524. The molecule has 0 radical (unpaired) electrons. The van der Waals surface area contributed by atoms with Crippen LogP contribution in [0.2, 0.25) is 0 Å². The predicted octanol–water partition coefficient (Wildman–Crippen LogP) is 2.38. The third-order valence-corrected chi connectivity index (χ3v) is 3.49. The Kier molecular flexibility index (Phi) is 5.16. The van der Waals surface area contributed by atoms with Crippen molar-refractivity contribution in [2.24, 2.45) is 0 Å². The van der Waals surface area contributed by atoms with Gasteiger partial charge in [0.25, 0.3) is 0 Å². The fourth-order valence-corrected chi connectivity index (χ4v) is 2.28. The molecule has 1 aromatic carbocycles. The van der Waals surface area contributed by atoms with E-state index in [0.717, 1.165) is 25.9 Å². The van der Waals surface area contributed by atoms with Crippen LogP contribution in [0.15, 0.2) is 18.2 Å². The number of rotatable bonds is 4. The van der Waals surface area contributed by atoms with Gasteiger partial charge in [-0.05, 0) is 43.9 Å². The number of benzene rings is 1. The maximum atomic E-state index is 11.8. The van der Waals surface area contributed by atoms with E-state index in [1.807, 2.05) is 0 Å². The maximum absolute atomic E-state index is 11.8. The van der Waals surface area contributed by atoms with Crippen molar-refractivity contribution in [3.05, 3.63) is 29.3 Å². The van der Waals surface area contributed by atoms with Crippen molar-refractivity contribution in [2.45, 2.75) is 32.3 Å². The molecule has 1 unspecified atom stereocenters. The number of aromatic carboxylic acids is 1. The van der Waals surface area contributed by atoms with Crippen LogP contribution in [0.3, 0.4) is 0 Å². The number of hydrogen-bond acceptors (Lipinski definition) is 3. The largest absolute Gasteiger partial charge is 0.478 e. The maximum Gasteiger partial charge on any atom is 0.336 e. The van der Waals surface area contributed by atoms with Gasteiger partial charge < -0.3 is 20.5 Å². The van der Waals surface area contributed by atoms with Crippen LogP contribution in [0.5, 0.6) is 0 Å². The van der Waals surface area contributed by atoms with Crippen LogP contribution in [0.1, 0.15) is 35.2 Å². The van der Waals surface area contributed by atoms with E-state index in [0.29, 0.717) is 17.8 Å². The van der Waals surface area contributed by atoms with Crippen molar-refractivity contribution in [1.82, 2.24) is 5.32 Å². The summed E-state index contributed by atoms with van der Waals surface area (Å²) in [6.45, 7) is 2.92. The van der Waals surface area contributed by atoms with Crippen molar-refractivity contribution in [3.63, 3.8) is 0 Å². The zero-order chi connectivity index (χ0) is 15.2. The monoisotopic (exact) mass is 292 g/mol. The van der Waals surface area contributed by atoms with Gasteiger partial charge in [0, 0.05) is 18.8 Å². The number of ether oxygens (including phenoxy) is 1. The van der Waals surface area contributed by atoms with Gasteiger partial charge >= 0.3 is 12.0 Å². The Balaban J connectivity index is 1.87. The topological polar surface area (TPSA) is 87.7 Å². The van der Waals surface area contributed by atoms with E-state index in [-0.39, 0.29) is 17.7 Å².